The Balaban J connectivity index is 2.20. The first-order valence-electron chi connectivity index (χ1n) is 6.15. The molecule has 0 radical (unpaired) electrons. The third kappa shape index (κ3) is 2.59. The number of nitrogens with zero attached hydrogens (tertiary/aromatic N) is 1. The second kappa shape index (κ2) is 5.14. The molecule has 2 rings (SSSR count). The first-order chi connectivity index (χ1) is 9.00. The molecule has 100 valence electrons. The molecule has 1 aromatic heterocycles. The van der Waals surface area contributed by atoms with E-state index >= 15 is 0 Å². The Bertz CT molecular complexity index is 629. The molecule has 0 spiro atoms. The van der Waals surface area contributed by atoms with Crippen LogP contribution in [0, 0.1) is 5.92 Å². The summed E-state index contributed by atoms with van der Waals surface area (Å²) in [5, 5.41) is 0.862. The van der Waals surface area contributed by atoms with Gasteiger partial charge in [0.25, 0.3) is 5.91 Å². The lowest BCUT2D eigenvalue weighted by molar-refractivity contribution is -0.124. The summed E-state index contributed by atoms with van der Waals surface area (Å²) >= 11 is 0. The van der Waals surface area contributed by atoms with Gasteiger partial charge in [0.15, 0.2) is 0 Å². The van der Waals surface area contributed by atoms with E-state index in [-0.39, 0.29) is 17.7 Å². The minimum Gasteiger partial charge on any atom is -0.350 e. The van der Waals surface area contributed by atoms with Gasteiger partial charge in [-0.1, -0.05) is 32.0 Å². The van der Waals surface area contributed by atoms with Crippen LogP contribution in [0.4, 0.5) is 0 Å². The Morgan fingerprint density at radius 2 is 1.84 bits per heavy atom. The number of rotatable bonds is 2. The van der Waals surface area contributed by atoms with E-state index in [0.29, 0.717) is 5.56 Å². The van der Waals surface area contributed by atoms with Gasteiger partial charge in [-0.25, -0.2) is 0 Å². The number of hydrogen-bond acceptors (Lipinski definition) is 2. The molecule has 19 heavy (non-hydrogen) atoms. The third-order valence-corrected chi connectivity index (χ3v) is 2.97. The van der Waals surface area contributed by atoms with Gasteiger partial charge in [0, 0.05) is 30.1 Å². The molecule has 5 nitrogen and oxygen atoms in total. The van der Waals surface area contributed by atoms with Crippen LogP contribution in [0.3, 0.4) is 0 Å². The van der Waals surface area contributed by atoms with Gasteiger partial charge in [-0.3, -0.25) is 20.4 Å². The maximum Gasteiger partial charge on any atom is 0.271 e. The number of carbonyl (C=O) groups excluding carboxylic acids is 2. The molecule has 0 unspecified atom stereocenters. The number of fused-ring (bicyclic) bond motifs is 1. The number of aromatic nitrogens is 1. The zero-order valence-corrected chi connectivity index (χ0v) is 11.2. The SMILES string of the molecule is CC(C)C(=O)NNC(=O)c1cn(C)c2ccccc12. The molecule has 0 aliphatic rings. The molecule has 1 heterocycles. The van der Waals surface area contributed by atoms with Crippen molar-refractivity contribution < 1.29 is 9.59 Å². The van der Waals surface area contributed by atoms with Gasteiger partial charge in [-0.15, -0.1) is 0 Å². The number of carbonyl (C=O) groups is 2. The fraction of sp³-hybridized carbons (Fsp3) is 0.286. The quantitative estimate of drug-likeness (QED) is 0.805. The van der Waals surface area contributed by atoms with E-state index in [2.05, 4.69) is 10.9 Å². The zero-order valence-electron chi connectivity index (χ0n) is 11.2. The predicted molar refractivity (Wildman–Crippen MR) is 73.4 cm³/mol. The Hall–Kier alpha value is -2.30. The van der Waals surface area contributed by atoms with Crippen LogP contribution >= 0.6 is 0 Å². The van der Waals surface area contributed by atoms with Gasteiger partial charge in [0.1, 0.15) is 0 Å². The largest absolute Gasteiger partial charge is 0.350 e. The maximum absolute atomic E-state index is 12.1. The second-order valence-corrected chi connectivity index (χ2v) is 4.77. The second-order valence-electron chi connectivity index (χ2n) is 4.77. The summed E-state index contributed by atoms with van der Waals surface area (Å²) < 4.78 is 1.88. The number of benzene rings is 1. The van der Waals surface area contributed by atoms with E-state index in [0.717, 1.165) is 10.9 Å². The summed E-state index contributed by atoms with van der Waals surface area (Å²) in [6.07, 6.45) is 1.75. The molecule has 1 aromatic carbocycles. The van der Waals surface area contributed by atoms with Crippen molar-refractivity contribution in [3.8, 4) is 0 Å². The summed E-state index contributed by atoms with van der Waals surface area (Å²) in [6.45, 7) is 3.53. The van der Waals surface area contributed by atoms with Crippen LogP contribution in [0.1, 0.15) is 24.2 Å². The van der Waals surface area contributed by atoms with Crippen LogP contribution in [0.2, 0.25) is 0 Å². The summed E-state index contributed by atoms with van der Waals surface area (Å²) in [5.41, 5.74) is 6.36. The molecule has 0 bridgehead atoms. The van der Waals surface area contributed by atoms with Gasteiger partial charge < -0.3 is 4.57 Å². The first kappa shape index (κ1) is 13.1. The van der Waals surface area contributed by atoms with Crippen LogP contribution in [0.25, 0.3) is 10.9 Å². The van der Waals surface area contributed by atoms with Crippen LogP contribution < -0.4 is 10.9 Å². The highest BCUT2D eigenvalue weighted by molar-refractivity contribution is 6.07. The van der Waals surface area contributed by atoms with Crippen LogP contribution in [0.15, 0.2) is 30.5 Å². The Kier molecular flexibility index (Phi) is 3.55. The number of aryl methyl sites for hydroxylation is 1. The smallest absolute Gasteiger partial charge is 0.271 e. The Morgan fingerprint density at radius 3 is 2.53 bits per heavy atom. The third-order valence-electron chi connectivity index (χ3n) is 2.97. The standard InChI is InChI=1S/C14H17N3O2/c1-9(2)13(18)15-16-14(19)11-8-17(3)12-7-5-4-6-10(11)12/h4-9H,1-3H3,(H,15,18)(H,16,19). The van der Waals surface area contributed by atoms with Gasteiger partial charge in [-0.2, -0.15) is 0 Å². The van der Waals surface area contributed by atoms with Crippen LogP contribution in [-0.4, -0.2) is 16.4 Å². The molecule has 0 saturated carbocycles. The molecule has 0 saturated heterocycles. The Labute approximate surface area is 111 Å². The molecule has 2 amide bonds. The highest BCUT2D eigenvalue weighted by atomic mass is 16.2. The summed E-state index contributed by atoms with van der Waals surface area (Å²) in [7, 11) is 1.88. The minimum atomic E-state index is -0.314. The minimum absolute atomic E-state index is 0.173. The average molecular weight is 259 g/mol. The van der Waals surface area contributed by atoms with Crippen LogP contribution in [-0.2, 0) is 11.8 Å². The summed E-state index contributed by atoms with van der Waals surface area (Å²) in [5.74, 6) is -0.702. The molecule has 2 N–H and O–H groups in total. The van der Waals surface area contributed by atoms with Gasteiger partial charge in [-0.05, 0) is 6.07 Å². The molecular weight excluding hydrogens is 242 g/mol. The van der Waals surface area contributed by atoms with Crippen molar-refractivity contribution in [1.82, 2.24) is 15.4 Å². The van der Waals surface area contributed by atoms with E-state index in [9.17, 15) is 9.59 Å². The van der Waals surface area contributed by atoms with Gasteiger partial charge >= 0.3 is 0 Å². The van der Waals surface area contributed by atoms with Gasteiger partial charge in [0.05, 0.1) is 5.56 Å². The van der Waals surface area contributed by atoms with Crippen molar-refractivity contribution >= 4 is 22.7 Å². The summed E-state index contributed by atoms with van der Waals surface area (Å²) in [6, 6.07) is 7.63. The van der Waals surface area contributed by atoms with E-state index < -0.39 is 0 Å². The molecule has 0 aliphatic carbocycles. The number of nitrogens with one attached hydrogen (secondary N) is 2. The molecule has 0 aliphatic heterocycles. The van der Waals surface area contributed by atoms with Gasteiger partial charge in [0.2, 0.25) is 5.91 Å². The highest BCUT2D eigenvalue weighted by Crippen LogP contribution is 2.19. The van der Waals surface area contributed by atoms with E-state index in [4.69, 9.17) is 0 Å². The summed E-state index contributed by atoms with van der Waals surface area (Å²) in [4.78, 5) is 23.5. The molecule has 0 atom stereocenters. The highest BCUT2D eigenvalue weighted by Gasteiger charge is 2.14. The number of para-hydroxylation sites is 1. The fourth-order valence-electron chi connectivity index (χ4n) is 1.85. The molecular formula is C14H17N3O2. The van der Waals surface area contributed by atoms with Crippen molar-refractivity contribution in [3.05, 3.63) is 36.0 Å². The van der Waals surface area contributed by atoms with Crippen molar-refractivity contribution in [2.24, 2.45) is 13.0 Å². The van der Waals surface area contributed by atoms with Crippen molar-refractivity contribution in [2.75, 3.05) is 0 Å². The average Bonchev–Trinajstić information content (AvgIpc) is 2.73. The lowest BCUT2D eigenvalue weighted by Crippen LogP contribution is -2.43. The monoisotopic (exact) mass is 259 g/mol. The van der Waals surface area contributed by atoms with Crippen molar-refractivity contribution in [2.45, 2.75) is 13.8 Å². The molecule has 2 aromatic rings. The number of hydrogen-bond donors (Lipinski definition) is 2. The zero-order chi connectivity index (χ0) is 14.0. The number of amides is 2. The Morgan fingerprint density at radius 1 is 1.16 bits per heavy atom. The van der Waals surface area contributed by atoms with Crippen molar-refractivity contribution in [3.63, 3.8) is 0 Å². The molecule has 5 heteroatoms. The van der Waals surface area contributed by atoms with E-state index in [1.54, 1.807) is 20.0 Å². The topological polar surface area (TPSA) is 63.1 Å². The lowest BCUT2D eigenvalue weighted by atomic mass is 10.2. The van der Waals surface area contributed by atoms with Crippen molar-refractivity contribution in [1.29, 1.82) is 0 Å². The molecule has 0 fully saturated rings. The number of hydrazine groups is 1. The predicted octanol–water partition coefficient (Wildman–Crippen LogP) is 1.60. The first-order valence-corrected chi connectivity index (χ1v) is 6.15. The fourth-order valence-corrected chi connectivity index (χ4v) is 1.85. The lowest BCUT2D eigenvalue weighted by Gasteiger charge is -2.08. The maximum atomic E-state index is 12.1. The van der Waals surface area contributed by atoms with Crippen LogP contribution in [0.5, 0.6) is 0 Å². The van der Waals surface area contributed by atoms with E-state index in [1.165, 1.54) is 0 Å². The van der Waals surface area contributed by atoms with E-state index in [1.807, 2.05) is 35.9 Å². The normalized spacial score (nSPS) is 10.7.